The van der Waals surface area contributed by atoms with E-state index in [9.17, 15) is 14.9 Å². The summed E-state index contributed by atoms with van der Waals surface area (Å²) < 4.78 is 0. The topological polar surface area (TPSA) is 173 Å². The van der Waals surface area contributed by atoms with E-state index in [1.54, 1.807) is 5.43 Å². The van der Waals surface area contributed by atoms with Gasteiger partial charge in [0.05, 0.1) is 6.04 Å². The SMILES string of the molecule is NC(=NCCC[C@H](N)/C=N/NC(=O)NC(c1ccccc1)c1ccccc1)N[N+](=O)[O-]. The molecule has 31 heavy (non-hydrogen) atoms. The summed E-state index contributed by atoms with van der Waals surface area (Å²) in [6.45, 7) is 0.276. The van der Waals surface area contributed by atoms with Gasteiger partial charge in [-0.3, -0.25) is 0 Å². The molecule has 0 aliphatic heterocycles. The van der Waals surface area contributed by atoms with Gasteiger partial charge >= 0.3 is 6.03 Å². The molecule has 11 heteroatoms. The number of hydrogen-bond donors (Lipinski definition) is 5. The first-order valence-corrected chi connectivity index (χ1v) is 9.62. The summed E-state index contributed by atoms with van der Waals surface area (Å²) in [5.74, 6) is -0.267. The molecule has 0 bridgehead atoms. The number of hydrogen-bond acceptors (Lipinski definition) is 6. The molecular formula is C20H26N8O3. The van der Waals surface area contributed by atoms with Crippen molar-refractivity contribution in [3.63, 3.8) is 0 Å². The summed E-state index contributed by atoms with van der Waals surface area (Å²) in [7, 11) is 0. The summed E-state index contributed by atoms with van der Waals surface area (Å²) in [5, 5.41) is 16.2. The van der Waals surface area contributed by atoms with E-state index >= 15 is 0 Å². The average Bonchev–Trinajstić information content (AvgIpc) is 2.76. The lowest BCUT2D eigenvalue weighted by Gasteiger charge is -2.19. The second-order valence-electron chi connectivity index (χ2n) is 6.56. The van der Waals surface area contributed by atoms with E-state index < -0.39 is 17.1 Å². The Morgan fingerprint density at radius 2 is 1.68 bits per heavy atom. The number of nitrogens with two attached hydrogens (primary N) is 2. The first kappa shape index (κ1) is 23.3. The standard InChI is InChI=1S/C20H26N8O3/c21-17(12-7-13-23-19(22)27-28(30)31)14-24-26-20(29)25-18(15-8-3-1-4-9-15)16-10-5-2-6-11-16/h1-6,8-11,14,17-18H,7,12-13,21H2,(H3,22,23,27)(H2,25,26,29)/b24-14+/t17-/m0/s1. The number of aliphatic imine (C=N–C) groups is 1. The van der Waals surface area contributed by atoms with Gasteiger partial charge in [-0.2, -0.15) is 5.10 Å². The second-order valence-corrected chi connectivity index (χ2v) is 6.56. The number of hydrazine groups is 1. The summed E-state index contributed by atoms with van der Waals surface area (Å²) >= 11 is 0. The fourth-order valence-corrected chi connectivity index (χ4v) is 2.74. The highest BCUT2D eigenvalue weighted by Crippen LogP contribution is 2.21. The maximum atomic E-state index is 12.3. The molecule has 0 spiro atoms. The number of rotatable bonds is 10. The minimum Gasteiger partial charge on any atom is -0.365 e. The second kappa shape index (κ2) is 12.5. The van der Waals surface area contributed by atoms with Gasteiger partial charge in [-0.1, -0.05) is 66.1 Å². The van der Waals surface area contributed by atoms with Crippen LogP contribution in [0.25, 0.3) is 0 Å². The Morgan fingerprint density at radius 3 is 2.23 bits per heavy atom. The van der Waals surface area contributed by atoms with Gasteiger partial charge in [-0.05, 0) is 24.0 Å². The van der Waals surface area contributed by atoms with Crippen LogP contribution in [0.1, 0.15) is 30.0 Å². The van der Waals surface area contributed by atoms with Crippen LogP contribution >= 0.6 is 0 Å². The predicted octanol–water partition coefficient (Wildman–Crippen LogP) is 1.26. The molecule has 0 aromatic heterocycles. The Morgan fingerprint density at radius 1 is 1.10 bits per heavy atom. The summed E-state index contributed by atoms with van der Waals surface area (Å²) in [4.78, 5) is 26.3. The summed E-state index contributed by atoms with van der Waals surface area (Å²) in [5.41, 5.74) is 17.3. The van der Waals surface area contributed by atoms with Crippen LogP contribution < -0.4 is 27.6 Å². The van der Waals surface area contributed by atoms with Gasteiger partial charge < -0.3 is 16.8 Å². The van der Waals surface area contributed by atoms with E-state index in [2.05, 4.69) is 20.8 Å². The Balaban J connectivity index is 1.82. The average molecular weight is 426 g/mol. The Hall–Kier alpha value is -3.99. The van der Waals surface area contributed by atoms with Gasteiger partial charge in [0.15, 0.2) is 5.03 Å². The number of carbonyl (C=O) groups is 1. The predicted molar refractivity (Wildman–Crippen MR) is 119 cm³/mol. The molecule has 1 atom stereocenters. The zero-order valence-corrected chi connectivity index (χ0v) is 16.8. The Bertz CT molecular complexity index is 850. The van der Waals surface area contributed by atoms with Crippen LogP contribution in [0.2, 0.25) is 0 Å². The molecule has 0 saturated carbocycles. The third-order valence-corrected chi connectivity index (χ3v) is 4.16. The van der Waals surface area contributed by atoms with E-state index in [0.717, 1.165) is 11.1 Å². The molecular weight excluding hydrogens is 400 g/mol. The molecule has 0 aliphatic carbocycles. The minimum absolute atomic E-state index is 0.267. The molecule has 0 heterocycles. The molecule has 2 aromatic rings. The zero-order valence-electron chi connectivity index (χ0n) is 16.8. The number of benzene rings is 2. The van der Waals surface area contributed by atoms with Crippen molar-refractivity contribution in [2.45, 2.75) is 24.9 Å². The molecule has 164 valence electrons. The van der Waals surface area contributed by atoms with Gasteiger partial charge in [-0.15, -0.1) is 0 Å². The molecule has 2 rings (SSSR count). The molecule has 2 aromatic carbocycles. The highest BCUT2D eigenvalue weighted by atomic mass is 16.7. The summed E-state index contributed by atoms with van der Waals surface area (Å²) in [6.07, 6.45) is 2.48. The summed E-state index contributed by atoms with van der Waals surface area (Å²) in [6, 6.07) is 18.0. The van der Waals surface area contributed by atoms with Crippen LogP contribution in [0, 0.1) is 10.1 Å². The van der Waals surface area contributed by atoms with Crippen molar-refractivity contribution in [1.29, 1.82) is 0 Å². The first-order valence-electron chi connectivity index (χ1n) is 9.62. The van der Waals surface area contributed by atoms with Gasteiger partial charge in [0.2, 0.25) is 0 Å². The van der Waals surface area contributed by atoms with Crippen LogP contribution in [0.5, 0.6) is 0 Å². The first-order chi connectivity index (χ1) is 15.0. The van der Waals surface area contributed by atoms with Crippen molar-refractivity contribution in [2.75, 3.05) is 6.54 Å². The van der Waals surface area contributed by atoms with Crippen LogP contribution in [0.15, 0.2) is 70.8 Å². The van der Waals surface area contributed by atoms with E-state index in [-0.39, 0.29) is 18.5 Å². The lowest BCUT2D eigenvalue weighted by atomic mass is 9.99. The van der Waals surface area contributed by atoms with Crippen LogP contribution in [-0.2, 0) is 0 Å². The van der Waals surface area contributed by atoms with Crippen LogP contribution in [-0.4, -0.2) is 35.8 Å². The van der Waals surface area contributed by atoms with Crippen molar-refractivity contribution < 1.29 is 9.83 Å². The quantitative estimate of drug-likeness (QED) is 0.126. The van der Waals surface area contributed by atoms with Gasteiger partial charge in [0.1, 0.15) is 0 Å². The maximum Gasteiger partial charge on any atom is 0.335 e. The lowest BCUT2D eigenvalue weighted by Crippen LogP contribution is -2.36. The maximum absolute atomic E-state index is 12.3. The monoisotopic (exact) mass is 426 g/mol. The molecule has 0 saturated heterocycles. The van der Waals surface area contributed by atoms with Gasteiger partial charge in [0, 0.05) is 18.8 Å². The number of carbonyl (C=O) groups excluding carboxylic acids is 1. The number of amides is 2. The third-order valence-electron chi connectivity index (χ3n) is 4.16. The zero-order chi connectivity index (χ0) is 22.5. The fraction of sp³-hybridized carbons (Fsp3) is 0.250. The van der Waals surface area contributed by atoms with Crippen molar-refractivity contribution in [2.24, 2.45) is 21.6 Å². The molecule has 0 aliphatic rings. The number of nitrogens with one attached hydrogen (secondary N) is 3. The van der Waals surface area contributed by atoms with Crippen LogP contribution in [0.4, 0.5) is 4.79 Å². The largest absolute Gasteiger partial charge is 0.365 e. The molecule has 2 amide bonds. The number of nitro groups is 1. The highest BCUT2D eigenvalue weighted by molar-refractivity contribution is 5.77. The molecule has 0 radical (unpaired) electrons. The molecule has 11 nitrogen and oxygen atoms in total. The van der Waals surface area contributed by atoms with E-state index in [0.29, 0.717) is 12.8 Å². The number of urea groups is 1. The number of hydrazone groups is 1. The Kier molecular flexibility index (Phi) is 9.43. The molecule has 0 fully saturated rings. The van der Waals surface area contributed by atoms with Crippen molar-refractivity contribution in [3.8, 4) is 0 Å². The van der Waals surface area contributed by atoms with Crippen molar-refractivity contribution in [3.05, 3.63) is 81.9 Å². The smallest absolute Gasteiger partial charge is 0.335 e. The van der Waals surface area contributed by atoms with Crippen molar-refractivity contribution in [1.82, 2.24) is 16.2 Å². The van der Waals surface area contributed by atoms with Crippen molar-refractivity contribution >= 4 is 18.2 Å². The number of guanidine groups is 1. The van der Waals surface area contributed by atoms with E-state index in [4.69, 9.17) is 11.5 Å². The van der Waals surface area contributed by atoms with E-state index in [1.807, 2.05) is 60.7 Å². The van der Waals surface area contributed by atoms with Crippen LogP contribution in [0.3, 0.4) is 0 Å². The molecule has 0 unspecified atom stereocenters. The molecule has 7 N–H and O–H groups in total. The lowest BCUT2D eigenvalue weighted by molar-refractivity contribution is -0.525. The normalized spacial score (nSPS) is 12.5. The highest BCUT2D eigenvalue weighted by Gasteiger charge is 2.16. The van der Waals surface area contributed by atoms with E-state index in [1.165, 1.54) is 6.21 Å². The Labute approximate surface area is 179 Å². The third kappa shape index (κ3) is 8.92. The van der Waals surface area contributed by atoms with Gasteiger partial charge in [0.25, 0.3) is 5.96 Å². The fourth-order valence-electron chi connectivity index (χ4n) is 2.74. The number of nitrogens with zero attached hydrogens (tertiary/aromatic N) is 3. The minimum atomic E-state index is -0.784. The van der Waals surface area contributed by atoms with Gasteiger partial charge in [-0.25, -0.2) is 25.3 Å².